The highest BCUT2D eigenvalue weighted by atomic mass is 16.2. The van der Waals surface area contributed by atoms with Gasteiger partial charge in [0.2, 0.25) is 5.91 Å². The third-order valence-electron chi connectivity index (χ3n) is 3.47. The van der Waals surface area contributed by atoms with Crippen molar-refractivity contribution in [2.24, 2.45) is 5.92 Å². The van der Waals surface area contributed by atoms with Crippen LogP contribution < -0.4 is 10.2 Å². The van der Waals surface area contributed by atoms with E-state index in [1.807, 2.05) is 17.0 Å². The van der Waals surface area contributed by atoms with Gasteiger partial charge in [-0.05, 0) is 30.5 Å². The fourth-order valence-electron chi connectivity index (χ4n) is 2.46. The summed E-state index contributed by atoms with van der Waals surface area (Å²) in [5.41, 5.74) is 2.35. The number of nitrogens with zero attached hydrogens (tertiary/aromatic N) is 1. The third kappa shape index (κ3) is 2.91. The monoisotopic (exact) mass is 246 g/mol. The molecule has 0 aromatic heterocycles. The van der Waals surface area contributed by atoms with Gasteiger partial charge in [-0.3, -0.25) is 4.79 Å². The van der Waals surface area contributed by atoms with Crippen LogP contribution in [0.3, 0.4) is 0 Å². The minimum atomic E-state index is 0.231. The molecule has 0 bridgehead atoms. The number of aryl methyl sites for hydroxylation is 1. The van der Waals surface area contributed by atoms with E-state index in [1.54, 1.807) is 0 Å². The molecular weight excluding hydrogens is 224 g/mol. The van der Waals surface area contributed by atoms with E-state index in [9.17, 15) is 4.79 Å². The Labute approximate surface area is 109 Å². The molecule has 1 saturated heterocycles. The molecule has 1 heterocycles. The van der Waals surface area contributed by atoms with Gasteiger partial charge in [-0.25, -0.2) is 0 Å². The number of hydrogen-bond acceptors (Lipinski definition) is 2. The van der Waals surface area contributed by atoms with Gasteiger partial charge in [0.25, 0.3) is 0 Å². The summed E-state index contributed by atoms with van der Waals surface area (Å²) in [6.07, 6.45) is 1.55. The molecule has 0 saturated carbocycles. The van der Waals surface area contributed by atoms with Crippen molar-refractivity contribution in [3.8, 4) is 0 Å². The molecule has 0 radical (unpaired) electrons. The van der Waals surface area contributed by atoms with Crippen LogP contribution in [0.2, 0.25) is 0 Å². The van der Waals surface area contributed by atoms with Crippen molar-refractivity contribution in [1.29, 1.82) is 0 Å². The molecule has 98 valence electrons. The predicted octanol–water partition coefficient (Wildman–Crippen LogP) is 2.21. The largest absolute Gasteiger partial charge is 0.316 e. The maximum atomic E-state index is 12.3. The number of carbonyl (C=O) groups is 1. The second-order valence-corrected chi connectivity index (χ2v) is 5.05. The molecule has 2 rings (SSSR count). The Hall–Kier alpha value is -1.35. The molecule has 1 aromatic carbocycles. The van der Waals surface area contributed by atoms with Gasteiger partial charge in [0, 0.05) is 25.2 Å². The van der Waals surface area contributed by atoms with Crippen LogP contribution in [0.1, 0.15) is 25.8 Å². The molecule has 1 aromatic rings. The zero-order valence-electron chi connectivity index (χ0n) is 11.3. The third-order valence-corrected chi connectivity index (χ3v) is 3.47. The summed E-state index contributed by atoms with van der Waals surface area (Å²) in [5.74, 6) is 0.717. The van der Waals surface area contributed by atoms with Crippen molar-refractivity contribution in [3.05, 3.63) is 29.8 Å². The molecule has 0 spiro atoms. The number of carbonyl (C=O) groups excluding carboxylic acids is 1. The molecule has 0 aliphatic carbocycles. The van der Waals surface area contributed by atoms with Crippen LogP contribution in [0.4, 0.5) is 5.69 Å². The van der Waals surface area contributed by atoms with E-state index in [-0.39, 0.29) is 5.91 Å². The van der Waals surface area contributed by atoms with Crippen LogP contribution in [0.15, 0.2) is 24.3 Å². The van der Waals surface area contributed by atoms with Gasteiger partial charge < -0.3 is 10.2 Å². The van der Waals surface area contributed by atoms with E-state index in [2.05, 4.69) is 31.3 Å². The lowest BCUT2D eigenvalue weighted by Crippen LogP contribution is -2.42. The van der Waals surface area contributed by atoms with Crippen LogP contribution in [0.25, 0.3) is 0 Å². The van der Waals surface area contributed by atoms with Gasteiger partial charge in [-0.2, -0.15) is 0 Å². The Balaban J connectivity index is 2.29. The Morgan fingerprint density at radius 2 is 2.17 bits per heavy atom. The Bertz CT molecular complexity index is 417. The van der Waals surface area contributed by atoms with E-state index in [0.717, 1.165) is 31.7 Å². The van der Waals surface area contributed by atoms with E-state index < -0.39 is 0 Å². The normalized spacial score (nSPS) is 21.6. The molecule has 3 heteroatoms. The average Bonchev–Trinajstić information content (AvgIpc) is 2.39. The number of para-hydroxylation sites is 1. The fraction of sp³-hybridized carbons (Fsp3) is 0.533. The van der Waals surface area contributed by atoms with Gasteiger partial charge in [-0.1, -0.05) is 32.0 Å². The second kappa shape index (κ2) is 6.01. The summed E-state index contributed by atoms with van der Waals surface area (Å²) in [6, 6.07) is 8.24. The first-order valence-electron chi connectivity index (χ1n) is 6.81. The zero-order chi connectivity index (χ0) is 13.0. The van der Waals surface area contributed by atoms with Crippen molar-refractivity contribution in [3.63, 3.8) is 0 Å². The summed E-state index contributed by atoms with van der Waals surface area (Å²) in [6.45, 7) is 6.90. The zero-order valence-corrected chi connectivity index (χ0v) is 11.3. The molecular formula is C15H22N2O. The SMILES string of the molecule is CCc1ccccc1N1CC(C)CNCCC1=O. The second-order valence-electron chi connectivity index (χ2n) is 5.05. The van der Waals surface area contributed by atoms with Crippen molar-refractivity contribution >= 4 is 11.6 Å². The van der Waals surface area contributed by atoms with Gasteiger partial charge in [0.1, 0.15) is 0 Å². The lowest BCUT2D eigenvalue weighted by atomic mass is 10.1. The van der Waals surface area contributed by atoms with Gasteiger partial charge >= 0.3 is 0 Å². The molecule has 1 fully saturated rings. The number of anilines is 1. The summed E-state index contributed by atoms with van der Waals surface area (Å²) < 4.78 is 0. The molecule has 1 atom stereocenters. The van der Waals surface area contributed by atoms with Crippen LogP contribution in [0.5, 0.6) is 0 Å². The number of hydrogen-bond donors (Lipinski definition) is 1. The number of nitrogens with one attached hydrogen (secondary N) is 1. The molecule has 1 amide bonds. The molecule has 1 N–H and O–H groups in total. The molecule has 3 nitrogen and oxygen atoms in total. The molecule has 1 aliphatic rings. The Morgan fingerprint density at radius 1 is 1.39 bits per heavy atom. The highest BCUT2D eigenvalue weighted by Gasteiger charge is 2.21. The number of benzene rings is 1. The maximum Gasteiger partial charge on any atom is 0.228 e. The first-order chi connectivity index (χ1) is 8.72. The van der Waals surface area contributed by atoms with Gasteiger partial charge in [0.05, 0.1) is 0 Å². The minimum absolute atomic E-state index is 0.231. The fourth-order valence-corrected chi connectivity index (χ4v) is 2.46. The molecule has 18 heavy (non-hydrogen) atoms. The Morgan fingerprint density at radius 3 is 2.94 bits per heavy atom. The summed E-state index contributed by atoms with van der Waals surface area (Å²) in [4.78, 5) is 14.2. The van der Waals surface area contributed by atoms with Crippen molar-refractivity contribution in [2.45, 2.75) is 26.7 Å². The number of amides is 1. The standard InChI is InChI=1S/C15H22N2O/c1-3-13-6-4-5-7-14(13)17-11-12(2)10-16-9-8-15(17)18/h4-7,12,16H,3,8-11H2,1-2H3. The van der Waals surface area contributed by atoms with E-state index in [4.69, 9.17) is 0 Å². The summed E-state index contributed by atoms with van der Waals surface area (Å²) in [5, 5.41) is 3.32. The topological polar surface area (TPSA) is 32.3 Å². The highest BCUT2D eigenvalue weighted by molar-refractivity contribution is 5.94. The van der Waals surface area contributed by atoms with Crippen LogP contribution in [-0.2, 0) is 11.2 Å². The first kappa shape index (κ1) is 13.1. The Kier molecular flexibility index (Phi) is 4.37. The maximum absolute atomic E-state index is 12.3. The highest BCUT2D eigenvalue weighted by Crippen LogP contribution is 2.23. The summed E-state index contributed by atoms with van der Waals surface area (Å²) >= 11 is 0. The van der Waals surface area contributed by atoms with Crippen molar-refractivity contribution < 1.29 is 4.79 Å². The molecule has 1 unspecified atom stereocenters. The smallest absolute Gasteiger partial charge is 0.228 e. The lowest BCUT2D eigenvalue weighted by Gasteiger charge is -2.30. The molecule has 1 aliphatic heterocycles. The van der Waals surface area contributed by atoms with Crippen LogP contribution in [-0.4, -0.2) is 25.5 Å². The van der Waals surface area contributed by atoms with E-state index in [0.29, 0.717) is 12.3 Å². The number of rotatable bonds is 2. The lowest BCUT2D eigenvalue weighted by molar-refractivity contribution is -0.118. The van der Waals surface area contributed by atoms with Gasteiger partial charge in [0.15, 0.2) is 0 Å². The average molecular weight is 246 g/mol. The minimum Gasteiger partial charge on any atom is -0.316 e. The quantitative estimate of drug-likeness (QED) is 0.867. The van der Waals surface area contributed by atoms with Crippen molar-refractivity contribution in [1.82, 2.24) is 5.32 Å². The van der Waals surface area contributed by atoms with Crippen LogP contribution >= 0.6 is 0 Å². The van der Waals surface area contributed by atoms with E-state index in [1.165, 1.54) is 5.56 Å². The summed E-state index contributed by atoms with van der Waals surface area (Å²) in [7, 11) is 0. The van der Waals surface area contributed by atoms with Gasteiger partial charge in [-0.15, -0.1) is 0 Å². The first-order valence-corrected chi connectivity index (χ1v) is 6.81. The van der Waals surface area contributed by atoms with Crippen LogP contribution in [0, 0.1) is 5.92 Å². The van der Waals surface area contributed by atoms with E-state index >= 15 is 0 Å². The predicted molar refractivity (Wildman–Crippen MR) is 74.8 cm³/mol. The van der Waals surface area contributed by atoms with Crippen molar-refractivity contribution in [2.75, 3.05) is 24.5 Å².